The number of anilines is 1. The Labute approximate surface area is 207 Å². The van der Waals surface area contributed by atoms with Crippen molar-refractivity contribution in [1.82, 2.24) is 35.1 Å². The molecule has 5 aromatic rings. The predicted molar refractivity (Wildman–Crippen MR) is 141 cm³/mol. The van der Waals surface area contributed by atoms with Crippen molar-refractivity contribution in [3.8, 4) is 22.6 Å². The number of fused-ring (bicyclic) bond motifs is 1. The Balaban J connectivity index is 1.39. The largest absolute Gasteiger partial charge is 0.357 e. The van der Waals surface area contributed by atoms with Crippen LogP contribution in [-0.2, 0) is 0 Å². The topological polar surface area (TPSA) is 125 Å². The second-order valence-electron chi connectivity index (χ2n) is 8.89. The number of hydrogen-bond acceptors (Lipinski definition) is 7. The van der Waals surface area contributed by atoms with E-state index in [0.717, 1.165) is 69.3 Å². The molecule has 6 rings (SSSR count). The smallest absolute Gasteiger partial charge is 0.181 e. The maximum Gasteiger partial charge on any atom is 0.181 e. The molecule has 1 saturated heterocycles. The van der Waals surface area contributed by atoms with Gasteiger partial charge in [0.05, 0.1) is 29.5 Å². The number of hydrogen-bond donors (Lipinski definition) is 3. The number of nitrogens with two attached hydrogens (primary N) is 1. The highest BCUT2D eigenvalue weighted by Gasteiger charge is 2.25. The van der Waals surface area contributed by atoms with Gasteiger partial charge >= 0.3 is 0 Å². The lowest BCUT2D eigenvalue weighted by Gasteiger charge is -2.37. The van der Waals surface area contributed by atoms with Gasteiger partial charge in [0.15, 0.2) is 5.65 Å². The molecular weight excluding hydrogens is 450 g/mol. The van der Waals surface area contributed by atoms with E-state index < -0.39 is 0 Å². The Kier molecular flexibility index (Phi) is 5.38. The Bertz CT molecular complexity index is 1590. The van der Waals surface area contributed by atoms with E-state index in [1.54, 1.807) is 37.1 Å². The average Bonchev–Trinajstić information content (AvgIpc) is 3.48. The first-order chi connectivity index (χ1) is 17.6. The number of nitrogens with one attached hydrogen (secondary N) is 2. The van der Waals surface area contributed by atoms with E-state index in [4.69, 9.17) is 10.7 Å². The first kappa shape index (κ1) is 21.9. The molecule has 178 valence electrons. The summed E-state index contributed by atoms with van der Waals surface area (Å²) < 4.78 is 0. The van der Waals surface area contributed by atoms with Crippen LogP contribution in [0.5, 0.6) is 0 Å². The highest BCUT2D eigenvalue weighted by atomic mass is 15.3. The van der Waals surface area contributed by atoms with Crippen LogP contribution < -0.4 is 10.6 Å². The first-order valence-corrected chi connectivity index (χ1v) is 11.7. The highest BCUT2D eigenvalue weighted by Crippen LogP contribution is 2.33. The van der Waals surface area contributed by atoms with E-state index in [-0.39, 0.29) is 6.04 Å². The van der Waals surface area contributed by atoms with Crippen LogP contribution in [0.2, 0.25) is 0 Å². The van der Waals surface area contributed by atoms with Gasteiger partial charge < -0.3 is 15.6 Å². The summed E-state index contributed by atoms with van der Waals surface area (Å²) in [5.74, 6) is 0.823. The number of aromatic amines is 2. The van der Waals surface area contributed by atoms with Crippen molar-refractivity contribution in [3.05, 3.63) is 90.8 Å². The summed E-state index contributed by atoms with van der Waals surface area (Å²) in [4.78, 5) is 23.6. The van der Waals surface area contributed by atoms with Crippen molar-refractivity contribution in [2.75, 3.05) is 18.0 Å². The molecule has 1 fully saturated rings. The standard InChI is InChI=1S/C27H25N9/c1-3-4-20(17-5-7-29-8-6-17)21-10-23(32-16(21)2)26-22-9-18(11-31-27(22)35-34-26)24-12-30-13-25(33-24)36-14-19(28)15-36/h3-13,19,32H,1,14-15,28H2,2H3,(H,31,34,35)/b20-4-. The molecule has 4 N–H and O–H groups in total. The summed E-state index contributed by atoms with van der Waals surface area (Å²) in [6, 6.07) is 8.35. The molecule has 1 aliphatic rings. The van der Waals surface area contributed by atoms with Crippen LogP contribution in [0.3, 0.4) is 0 Å². The summed E-state index contributed by atoms with van der Waals surface area (Å²) in [7, 11) is 0. The van der Waals surface area contributed by atoms with Gasteiger partial charge in [-0.05, 0) is 42.3 Å². The molecule has 0 aromatic carbocycles. The second-order valence-corrected chi connectivity index (χ2v) is 8.89. The molecule has 1 aliphatic heterocycles. The van der Waals surface area contributed by atoms with E-state index in [1.165, 1.54) is 0 Å². The van der Waals surface area contributed by atoms with E-state index in [9.17, 15) is 0 Å². The van der Waals surface area contributed by atoms with Crippen molar-refractivity contribution in [2.24, 2.45) is 5.73 Å². The molecule has 5 aromatic heterocycles. The molecule has 9 nitrogen and oxygen atoms in total. The molecule has 0 bridgehead atoms. The first-order valence-electron chi connectivity index (χ1n) is 11.7. The summed E-state index contributed by atoms with van der Waals surface area (Å²) >= 11 is 0. The minimum absolute atomic E-state index is 0.191. The number of aryl methyl sites for hydroxylation is 1. The third kappa shape index (κ3) is 3.85. The normalized spacial score (nSPS) is 14.3. The molecule has 0 atom stereocenters. The third-order valence-corrected chi connectivity index (χ3v) is 6.41. The number of rotatable bonds is 6. The molecule has 0 amide bonds. The van der Waals surface area contributed by atoms with Crippen molar-refractivity contribution < 1.29 is 0 Å². The van der Waals surface area contributed by atoms with E-state index >= 15 is 0 Å². The lowest BCUT2D eigenvalue weighted by atomic mass is 9.98. The van der Waals surface area contributed by atoms with Crippen molar-refractivity contribution in [3.63, 3.8) is 0 Å². The molecule has 0 unspecified atom stereocenters. The number of H-pyrrole nitrogens is 2. The Morgan fingerprint density at radius 2 is 1.97 bits per heavy atom. The van der Waals surface area contributed by atoms with E-state index in [0.29, 0.717) is 5.65 Å². The minimum Gasteiger partial charge on any atom is -0.357 e. The zero-order chi connectivity index (χ0) is 24.6. The van der Waals surface area contributed by atoms with Crippen molar-refractivity contribution in [1.29, 1.82) is 0 Å². The molecule has 9 heteroatoms. The molecule has 36 heavy (non-hydrogen) atoms. The van der Waals surface area contributed by atoms with Gasteiger partial charge in [0.2, 0.25) is 0 Å². The average molecular weight is 476 g/mol. The number of nitrogens with zero attached hydrogens (tertiary/aromatic N) is 6. The van der Waals surface area contributed by atoms with E-state index in [2.05, 4.69) is 60.7 Å². The SMILES string of the molecule is C=C/C=C(/c1ccncc1)c1cc(-c2[nH]nc3ncc(-c4cncc(N5CC(N)C5)n4)cc23)[nH]c1C. The monoisotopic (exact) mass is 475 g/mol. The molecule has 0 aliphatic carbocycles. The van der Waals surface area contributed by atoms with Crippen LogP contribution >= 0.6 is 0 Å². The van der Waals surface area contributed by atoms with Crippen LogP contribution in [0.25, 0.3) is 39.3 Å². The van der Waals surface area contributed by atoms with Gasteiger partial charge in [-0.1, -0.05) is 18.7 Å². The van der Waals surface area contributed by atoms with Gasteiger partial charge in [-0.25, -0.2) is 9.97 Å². The van der Waals surface area contributed by atoms with Crippen LogP contribution in [-0.4, -0.2) is 54.2 Å². The van der Waals surface area contributed by atoms with Crippen LogP contribution in [0.4, 0.5) is 5.82 Å². The Morgan fingerprint density at radius 3 is 2.75 bits per heavy atom. The van der Waals surface area contributed by atoms with Gasteiger partial charge in [-0.2, -0.15) is 5.10 Å². The molecule has 0 saturated carbocycles. The fourth-order valence-electron chi connectivity index (χ4n) is 4.56. The van der Waals surface area contributed by atoms with Gasteiger partial charge in [-0.15, -0.1) is 0 Å². The van der Waals surface area contributed by atoms with Crippen LogP contribution in [0.1, 0.15) is 16.8 Å². The number of allylic oxidation sites excluding steroid dienone is 2. The van der Waals surface area contributed by atoms with E-state index in [1.807, 2.05) is 18.2 Å². The van der Waals surface area contributed by atoms with Crippen molar-refractivity contribution >= 4 is 22.4 Å². The molecular formula is C27H25N9. The summed E-state index contributed by atoms with van der Waals surface area (Å²) in [6.45, 7) is 7.54. The Morgan fingerprint density at radius 1 is 1.14 bits per heavy atom. The predicted octanol–water partition coefficient (Wildman–Crippen LogP) is 3.88. The lowest BCUT2D eigenvalue weighted by Crippen LogP contribution is -2.56. The maximum absolute atomic E-state index is 5.93. The second kappa shape index (κ2) is 8.86. The van der Waals surface area contributed by atoms with Gasteiger partial charge in [0.25, 0.3) is 0 Å². The van der Waals surface area contributed by atoms with Gasteiger partial charge in [0, 0.05) is 59.9 Å². The fourth-order valence-corrected chi connectivity index (χ4v) is 4.56. The summed E-state index contributed by atoms with van der Waals surface area (Å²) in [5.41, 5.74) is 14.2. The molecule has 0 spiro atoms. The molecule has 0 radical (unpaired) electrons. The van der Waals surface area contributed by atoms with Crippen LogP contribution in [0.15, 0.2) is 74.0 Å². The zero-order valence-electron chi connectivity index (χ0n) is 19.8. The minimum atomic E-state index is 0.191. The van der Waals surface area contributed by atoms with Gasteiger partial charge in [-0.3, -0.25) is 15.1 Å². The molecule has 6 heterocycles. The quantitative estimate of drug-likeness (QED) is 0.318. The zero-order valence-corrected chi connectivity index (χ0v) is 19.8. The van der Waals surface area contributed by atoms with Crippen molar-refractivity contribution in [2.45, 2.75) is 13.0 Å². The third-order valence-electron chi connectivity index (χ3n) is 6.41. The maximum atomic E-state index is 5.93. The van der Waals surface area contributed by atoms with Gasteiger partial charge in [0.1, 0.15) is 5.82 Å². The summed E-state index contributed by atoms with van der Waals surface area (Å²) in [5, 5.41) is 8.49. The highest BCUT2D eigenvalue weighted by molar-refractivity contribution is 5.94. The lowest BCUT2D eigenvalue weighted by molar-refractivity contribution is 0.514. The number of pyridine rings is 2. The van der Waals surface area contributed by atoms with Crippen LogP contribution in [0, 0.1) is 6.92 Å². The number of aromatic nitrogens is 7. The Hall–Kier alpha value is -4.63. The summed E-state index contributed by atoms with van der Waals surface area (Å²) in [6.07, 6.45) is 12.7. The fraction of sp³-hybridized carbons (Fsp3) is 0.148.